The Morgan fingerprint density at radius 2 is 1.78 bits per heavy atom. The van der Waals surface area contributed by atoms with Crippen LogP contribution < -0.4 is 20.9 Å². The van der Waals surface area contributed by atoms with Gasteiger partial charge in [-0.25, -0.2) is 4.79 Å². The zero-order chi connectivity index (χ0) is 22.3. The number of carbonyl (C=O) groups is 2. The van der Waals surface area contributed by atoms with E-state index in [0.717, 1.165) is 62.1 Å². The fourth-order valence-corrected chi connectivity index (χ4v) is 4.12. The van der Waals surface area contributed by atoms with Gasteiger partial charge >= 0.3 is 6.03 Å². The van der Waals surface area contributed by atoms with Crippen LogP contribution in [0, 0.1) is 17.2 Å². The van der Waals surface area contributed by atoms with Crippen LogP contribution in [0.2, 0.25) is 0 Å². The lowest BCUT2D eigenvalue weighted by molar-refractivity contribution is -0.122. The molecule has 32 heavy (non-hydrogen) atoms. The number of nitrogens with one attached hydrogen (secondary N) is 3. The molecule has 2 aliphatic rings. The predicted molar refractivity (Wildman–Crippen MR) is 124 cm³/mol. The molecule has 7 nitrogen and oxygen atoms in total. The number of hydrogen-bond donors (Lipinski definition) is 3. The van der Waals surface area contributed by atoms with E-state index in [0.29, 0.717) is 12.1 Å². The molecule has 0 bridgehead atoms. The minimum atomic E-state index is -0.175. The molecule has 166 valence electrons. The fourth-order valence-electron chi connectivity index (χ4n) is 4.12. The maximum absolute atomic E-state index is 12.4. The van der Waals surface area contributed by atoms with Gasteiger partial charge in [-0.1, -0.05) is 18.6 Å². The minimum absolute atomic E-state index is 0.0893. The molecule has 3 amide bonds. The van der Waals surface area contributed by atoms with Crippen LogP contribution in [0.3, 0.4) is 0 Å². The van der Waals surface area contributed by atoms with Crippen LogP contribution >= 0.6 is 0 Å². The predicted octanol–water partition coefficient (Wildman–Crippen LogP) is 3.77. The van der Waals surface area contributed by atoms with Crippen molar-refractivity contribution >= 4 is 23.3 Å². The van der Waals surface area contributed by atoms with Crippen molar-refractivity contribution in [2.24, 2.45) is 5.92 Å². The summed E-state index contributed by atoms with van der Waals surface area (Å²) in [4.78, 5) is 26.8. The van der Waals surface area contributed by atoms with Crippen LogP contribution in [0.15, 0.2) is 48.5 Å². The molecule has 0 radical (unpaired) electrons. The number of amides is 3. The maximum Gasteiger partial charge on any atom is 0.315 e. The summed E-state index contributed by atoms with van der Waals surface area (Å²) in [5.74, 6) is 0.234. The van der Waals surface area contributed by atoms with Gasteiger partial charge in [0.15, 0.2) is 0 Å². The van der Waals surface area contributed by atoms with Gasteiger partial charge in [0.2, 0.25) is 5.91 Å². The van der Waals surface area contributed by atoms with Gasteiger partial charge < -0.3 is 20.9 Å². The molecule has 0 spiro atoms. The number of nitriles is 1. The molecule has 3 N–H and O–H groups in total. The van der Waals surface area contributed by atoms with Crippen molar-refractivity contribution in [3.05, 3.63) is 59.7 Å². The van der Waals surface area contributed by atoms with E-state index >= 15 is 0 Å². The van der Waals surface area contributed by atoms with Crippen LogP contribution in [-0.4, -0.2) is 31.1 Å². The second kappa shape index (κ2) is 10.2. The van der Waals surface area contributed by atoms with E-state index in [2.05, 4.69) is 26.9 Å². The molecule has 4 rings (SSSR count). The largest absolute Gasteiger partial charge is 0.371 e. The number of hydrogen-bond acceptors (Lipinski definition) is 4. The molecule has 1 saturated carbocycles. The Balaban J connectivity index is 1.19. The first-order valence-electron chi connectivity index (χ1n) is 11.3. The van der Waals surface area contributed by atoms with Crippen molar-refractivity contribution in [1.29, 1.82) is 5.26 Å². The second-order valence-corrected chi connectivity index (χ2v) is 8.56. The van der Waals surface area contributed by atoms with Crippen molar-refractivity contribution in [3.8, 4) is 6.07 Å². The first kappa shape index (κ1) is 21.7. The Morgan fingerprint density at radius 1 is 1.03 bits per heavy atom. The van der Waals surface area contributed by atoms with Crippen LogP contribution in [0.4, 0.5) is 16.2 Å². The highest BCUT2D eigenvalue weighted by Gasteiger charge is 2.25. The number of piperidine rings is 1. The van der Waals surface area contributed by atoms with Gasteiger partial charge in [-0.15, -0.1) is 0 Å². The number of rotatable bonds is 6. The fraction of sp³-hybridized carbons (Fsp3) is 0.400. The lowest BCUT2D eigenvalue weighted by atomic mass is 9.85. The molecule has 2 fully saturated rings. The SMILES string of the molecule is N#Cc1ccc(N2CCC(NC(=O)NCc3cccc(NC(=O)C4CCC4)c3)CC2)cc1. The normalized spacial score (nSPS) is 16.5. The Hall–Kier alpha value is -3.53. The number of anilines is 2. The van der Waals surface area contributed by atoms with E-state index in [1.807, 2.05) is 48.5 Å². The summed E-state index contributed by atoms with van der Waals surface area (Å²) in [6.07, 6.45) is 4.82. The summed E-state index contributed by atoms with van der Waals surface area (Å²) in [7, 11) is 0. The van der Waals surface area contributed by atoms with E-state index in [4.69, 9.17) is 5.26 Å². The van der Waals surface area contributed by atoms with E-state index in [-0.39, 0.29) is 23.9 Å². The Morgan fingerprint density at radius 3 is 2.44 bits per heavy atom. The number of nitrogens with zero attached hydrogens (tertiary/aromatic N) is 2. The van der Waals surface area contributed by atoms with Crippen LogP contribution in [0.25, 0.3) is 0 Å². The van der Waals surface area contributed by atoms with Crippen molar-refractivity contribution < 1.29 is 9.59 Å². The molecule has 2 aromatic carbocycles. The minimum Gasteiger partial charge on any atom is -0.371 e. The van der Waals surface area contributed by atoms with E-state index in [1.165, 1.54) is 0 Å². The highest BCUT2D eigenvalue weighted by Crippen LogP contribution is 2.27. The maximum atomic E-state index is 12.4. The summed E-state index contributed by atoms with van der Waals surface area (Å²) in [6.45, 7) is 2.13. The molecule has 0 aromatic heterocycles. The quantitative estimate of drug-likeness (QED) is 0.649. The summed E-state index contributed by atoms with van der Waals surface area (Å²) < 4.78 is 0. The van der Waals surface area contributed by atoms with Gasteiger partial charge in [0.1, 0.15) is 0 Å². The summed E-state index contributed by atoms with van der Waals surface area (Å²) in [5, 5.41) is 17.9. The number of carbonyl (C=O) groups excluding carboxylic acids is 2. The van der Waals surface area contributed by atoms with Gasteiger partial charge in [0, 0.05) is 43.0 Å². The molecule has 2 aromatic rings. The third-order valence-electron chi connectivity index (χ3n) is 6.32. The summed E-state index contributed by atoms with van der Waals surface area (Å²) in [6, 6.07) is 17.3. The lowest BCUT2D eigenvalue weighted by Gasteiger charge is -2.34. The molecule has 1 saturated heterocycles. The number of urea groups is 1. The molecule has 1 aliphatic carbocycles. The topological polar surface area (TPSA) is 97.3 Å². The van der Waals surface area contributed by atoms with Gasteiger partial charge in [0.05, 0.1) is 11.6 Å². The molecule has 1 aliphatic heterocycles. The average Bonchev–Trinajstić information content (AvgIpc) is 2.77. The highest BCUT2D eigenvalue weighted by atomic mass is 16.2. The van der Waals surface area contributed by atoms with E-state index in [1.54, 1.807) is 0 Å². The first-order valence-corrected chi connectivity index (χ1v) is 11.3. The van der Waals surface area contributed by atoms with Crippen LogP contribution in [-0.2, 0) is 11.3 Å². The smallest absolute Gasteiger partial charge is 0.315 e. The van der Waals surface area contributed by atoms with Crippen molar-refractivity contribution in [3.63, 3.8) is 0 Å². The van der Waals surface area contributed by atoms with Gasteiger partial charge in [-0.05, 0) is 67.6 Å². The zero-order valence-electron chi connectivity index (χ0n) is 18.1. The van der Waals surface area contributed by atoms with E-state index < -0.39 is 0 Å². The highest BCUT2D eigenvalue weighted by molar-refractivity contribution is 5.93. The van der Waals surface area contributed by atoms with Gasteiger partial charge in [0.25, 0.3) is 0 Å². The molecular formula is C25H29N5O2. The molecular weight excluding hydrogens is 402 g/mol. The third-order valence-corrected chi connectivity index (χ3v) is 6.32. The van der Waals surface area contributed by atoms with Gasteiger partial charge in [-0.2, -0.15) is 5.26 Å². The molecule has 0 atom stereocenters. The average molecular weight is 432 g/mol. The van der Waals surface area contributed by atoms with Gasteiger partial charge in [-0.3, -0.25) is 4.79 Å². The van der Waals surface area contributed by atoms with Crippen molar-refractivity contribution in [2.45, 2.75) is 44.7 Å². The molecule has 7 heteroatoms. The summed E-state index contributed by atoms with van der Waals surface area (Å²) >= 11 is 0. The zero-order valence-corrected chi connectivity index (χ0v) is 18.1. The number of benzene rings is 2. The Kier molecular flexibility index (Phi) is 6.90. The third kappa shape index (κ3) is 5.58. The second-order valence-electron chi connectivity index (χ2n) is 8.56. The van der Waals surface area contributed by atoms with E-state index in [9.17, 15) is 9.59 Å². The standard InChI is InChI=1S/C25H29N5O2/c26-16-18-7-9-23(10-8-18)30-13-11-21(12-14-30)29-25(32)27-17-19-3-1-6-22(15-19)28-24(31)20-4-2-5-20/h1,3,6-10,15,20-21H,2,4-5,11-14,17H2,(H,28,31)(H2,27,29,32). The van der Waals surface area contributed by atoms with Crippen LogP contribution in [0.1, 0.15) is 43.2 Å². The monoisotopic (exact) mass is 431 g/mol. The first-order chi connectivity index (χ1) is 15.6. The molecule has 1 heterocycles. The Bertz CT molecular complexity index is 986. The lowest BCUT2D eigenvalue weighted by Crippen LogP contribution is -2.47. The van der Waals surface area contributed by atoms with Crippen LogP contribution in [0.5, 0.6) is 0 Å². The van der Waals surface area contributed by atoms with Crippen molar-refractivity contribution in [2.75, 3.05) is 23.3 Å². The Labute approximate surface area is 188 Å². The summed E-state index contributed by atoms with van der Waals surface area (Å²) in [5.41, 5.74) is 3.49. The van der Waals surface area contributed by atoms with Crippen molar-refractivity contribution in [1.82, 2.24) is 10.6 Å². The molecule has 0 unspecified atom stereocenters.